The molecule has 4 rings (SSSR count). The lowest BCUT2D eigenvalue weighted by molar-refractivity contribution is 0.619. The van der Waals surface area contributed by atoms with Gasteiger partial charge < -0.3 is 4.90 Å². The lowest BCUT2D eigenvalue weighted by Gasteiger charge is -2.25. The first-order chi connectivity index (χ1) is 15.0. The lowest BCUT2D eigenvalue weighted by atomic mass is 9.98. The predicted molar refractivity (Wildman–Crippen MR) is 128 cm³/mol. The highest BCUT2D eigenvalue weighted by atomic mass is 16.1. The molecule has 0 aliphatic heterocycles. The number of terminal acetylenes is 1. The maximum absolute atomic E-state index is 13.8. The topological polar surface area (TPSA) is 38.1 Å². The zero-order valence-corrected chi connectivity index (χ0v) is 18.0. The average Bonchev–Trinajstić information content (AvgIpc) is 2.81. The fourth-order valence-corrected chi connectivity index (χ4v) is 3.92. The summed E-state index contributed by atoms with van der Waals surface area (Å²) in [6, 6.07) is 25.5. The van der Waals surface area contributed by atoms with Gasteiger partial charge in [-0.15, -0.1) is 6.42 Å². The summed E-state index contributed by atoms with van der Waals surface area (Å²) in [7, 11) is 1.93. The van der Waals surface area contributed by atoms with Crippen LogP contribution < -0.4 is 10.5 Å². The minimum Gasteiger partial charge on any atom is -0.361 e. The van der Waals surface area contributed by atoms with Crippen molar-refractivity contribution in [1.29, 1.82) is 0 Å². The van der Waals surface area contributed by atoms with E-state index in [0.29, 0.717) is 16.7 Å². The molecular weight excluding hydrogens is 382 g/mol. The summed E-state index contributed by atoms with van der Waals surface area (Å²) in [4.78, 5) is 20.6. The van der Waals surface area contributed by atoms with E-state index in [2.05, 4.69) is 5.92 Å². The standard InChI is InChI=1S/C27H25N3O/c1-5-19(2)29(4)23-16-17-25-24(18-23)27(31)30(20(3)28-25)26(21-12-8-6-9-13-21)22-14-10-7-11-15-22/h1,6-19,26H,2-4H3. The van der Waals surface area contributed by atoms with Crippen molar-refractivity contribution in [2.75, 3.05) is 11.9 Å². The van der Waals surface area contributed by atoms with Crippen LogP contribution in [0.1, 0.15) is 29.9 Å². The van der Waals surface area contributed by atoms with Gasteiger partial charge in [-0.2, -0.15) is 0 Å². The minimum absolute atomic E-state index is 0.0659. The Morgan fingerprint density at radius 1 is 0.968 bits per heavy atom. The van der Waals surface area contributed by atoms with Gasteiger partial charge in [0, 0.05) is 12.7 Å². The molecule has 0 N–H and O–H groups in total. The van der Waals surface area contributed by atoms with Gasteiger partial charge in [-0.1, -0.05) is 66.6 Å². The highest BCUT2D eigenvalue weighted by Gasteiger charge is 2.21. The van der Waals surface area contributed by atoms with Crippen molar-refractivity contribution in [1.82, 2.24) is 9.55 Å². The number of rotatable bonds is 5. The molecule has 1 unspecified atom stereocenters. The van der Waals surface area contributed by atoms with Crippen LogP contribution in [0.25, 0.3) is 10.9 Å². The molecule has 3 aromatic carbocycles. The number of hydrogen-bond donors (Lipinski definition) is 0. The quantitative estimate of drug-likeness (QED) is 0.446. The molecule has 154 valence electrons. The van der Waals surface area contributed by atoms with Gasteiger partial charge in [0.1, 0.15) is 5.82 Å². The Labute approximate surface area is 182 Å². The molecule has 0 saturated carbocycles. The first kappa shape index (κ1) is 20.4. The smallest absolute Gasteiger partial charge is 0.262 e. The van der Waals surface area contributed by atoms with Crippen LogP contribution >= 0.6 is 0 Å². The van der Waals surface area contributed by atoms with Crippen molar-refractivity contribution in [2.24, 2.45) is 0 Å². The first-order valence-corrected chi connectivity index (χ1v) is 10.3. The van der Waals surface area contributed by atoms with E-state index in [1.807, 2.05) is 105 Å². The highest BCUT2D eigenvalue weighted by molar-refractivity contribution is 5.82. The van der Waals surface area contributed by atoms with Crippen LogP contribution in [0.3, 0.4) is 0 Å². The van der Waals surface area contributed by atoms with Crippen LogP contribution in [0.5, 0.6) is 0 Å². The van der Waals surface area contributed by atoms with Gasteiger partial charge in [0.25, 0.3) is 5.56 Å². The third-order valence-electron chi connectivity index (χ3n) is 5.78. The largest absolute Gasteiger partial charge is 0.361 e. The predicted octanol–water partition coefficient (Wildman–Crippen LogP) is 4.80. The fourth-order valence-electron chi connectivity index (χ4n) is 3.92. The number of aryl methyl sites for hydroxylation is 1. The van der Waals surface area contributed by atoms with Gasteiger partial charge in [0.15, 0.2) is 0 Å². The molecule has 4 nitrogen and oxygen atoms in total. The van der Waals surface area contributed by atoms with E-state index in [4.69, 9.17) is 11.4 Å². The SMILES string of the molecule is C#CC(C)N(C)c1ccc2nc(C)n(C(c3ccccc3)c3ccccc3)c(=O)c2c1. The molecule has 0 fully saturated rings. The van der Waals surface area contributed by atoms with Crippen molar-refractivity contribution in [3.8, 4) is 12.3 Å². The van der Waals surface area contributed by atoms with Gasteiger partial charge in [-0.05, 0) is 43.2 Å². The first-order valence-electron chi connectivity index (χ1n) is 10.3. The van der Waals surface area contributed by atoms with Gasteiger partial charge >= 0.3 is 0 Å². The summed E-state index contributed by atoms with van der Waals surface area (Å²) in [5.74, 6) is 3.41. The Hall–Kier alpha value is -3.84. The minimum atomic E-state index is -0.266. The number of benzene rings is 3. The Bertz CT molecular complexity index is 1260. The summed E-state index contributed by atoms with van der Waals surface area (Å²) in [6.45, 7) is 3.84. The van der Waals surface area contributed by atoms with E-state index in [-0.39, 0.29) is 17.6 Å². The normalized spacial score (nSPS) is 12.0. The molecule has 1 heterocycles. The molecular formula is C27H25N3O. The second-order valence-corrected chi connectivity index (χ2v) is 7.71. The third kappa shape index (κ3) is 3.83. The Balaban J connectivity index is 1.97. The average molecular weight is 408 g/mol. The molecule has 0 saturated heterocycles. The second-order valence-electron chi connectivity index (χ2n) is 7.71. The van der Waals surface area contributed by atoms with Crippen molar-refractivity contribution in [3.63, 3.8) is 0 Å². The van der Waals surface area contributed by atoms with Crippen LogP contribution in [0, 0.1) is 19.3 Å². The Morgan fingerprint density at radius 2 is 1.55 bits per heavy atom. The molecule has 0 radical (unpaired) electrons. The van der Waals surface area contributed by atoms with Crippen molar-refractivity contribution < 1.29 is 0 Å². The molecule has 0 bridgehead atoms. The summed E-state index contributed by atoms with van der Waals surface area (Å²) in [6.07, 6.45) is 5.60. The second kappa shape index (κ2) is 8.49. The Morgan fingerprint density at radius 3 is 2.10 bits per heavy atom. The summed E-state index contributed by atoms with van der Waals surface area (Å²) >= 11 is 0. The van der Waals surface area contributed by atoms with Crippen LogP contribution in [0.15, 0.2) is 83.7 Å². The van der Waals surface area contributed by atoms with Crippen molar-refractivity contribution in [2.45, 2.75) is 25.9 Å². The maximum atomic E-state index is 13.8. The summed E-state index contributed by atoms with van der Waals surface area (Å²) in [5, 5.41) is 0.580. The van der Waals surface area contributed by atoms with Gasteiger partial charge in [-0.25, -0.2) is 4.98 Å². The summed E-state index contributed by atoms with van der Waals surface area (Å²) < 4.78 is 1.79. The number of anilines is 1. The van der Waals surface area contributed by atoms with E-state index >= 15 is 0 Å². The number of nitrogens with zero attached hydrogens (tertiary/aromatic N) is 3. The van der Waals surface area contributed by atoms with Crippen LogP contribution in [0.2, 0.25) is 0 Å². The molecule has 0 aliphatic rings. The van der Waals surface area contributed by atoms with E-state index in [9.17, 15) is 4.79 Å². The van der Waals surface area contributed by atoms with E-state index < -0.39 is 0 Å². The zero-order valence-electron chi connectivity index (χ0n) is 18.0. The molecule has 4 aromatic rings. The maximum Gasteiger partial charge on any atom is 0.262 e. The monoisotopic (exact) mass is 407 g/mol. The number of hydrogen-bond acceptors (Lipinski definition) is 3. The van der Waals surface area contributed by atoms with Crippen LogP contribution in [-0.2, 0) is 0 Å². The van der Waals surface area contributed by atoms with Crippen molar-refractivity contribution in [3.05, 3.63) is 106 Å². The van der Waals surface area contributed by atoms with Gasteiger partial charge in [-0.3, -0.25) is 9.36 Å². The molecule has 1 aromatic heterocycles. The Kier molecular flexibility index (Phi) is 5.60. The van der Waals surface area contributed by atoms with Crippen molar-refractivity contribution >= 4 is 16.6 Å². The number of fused-ring (bicyclic) bond motifs is 1. The molecule has 31 heavy (non-hydrogen) atoms. The molecule has 0 amide bonds. The highest BCUT2D eigenvalue weighted by Crippen LogP contribution is 2.28. The van der Waals surface area contributed by atoms with Gasteiger partial charge in [0.2, 0.25) is 0 Å². The zero-order chi connectivity index (χ0) is 22.0. The van der Waals surface area contributed by atoms with E-state index in [1.54, 1.807) is 4.57 Å². The molecule has 4 heteroatoms. The fraction of sp³-hybridized carbons (Fsp3) is 0.185. The van der Waals surface area contributed by atoms with Crippen LogP contribution in [0.4, 0.5) is 5.69 Å². The summed E-state index contributed by atoms with van der Waals surface area (Å²) in [5.41, 5.74) is 3.58. The van der Waals surface area contributed by atoms with Gasteiger partial charge in [0.05, 0.1) is 23.0 Å². The third-order valence-corrected chi connectivity index (χ3v) is 5.78. The molecule has 0 aliphatic carbocycles. The van der Waals surface area contributed by atoms with E-state index in [1.165, 1.54) is 0 Å². The lowest BCUT2D eigenvalue weighted by Crippen LogP contribution is -2.30. The van der Waals surface area contributed by atoms with Crippen LogP contribution in [-0.4, -0.2) is 22.6 Å². The number of aromatic nitrogens is 2. The molecule has 1 atom stereocenters. The molecule has 0 spiro atoms. The van der Waals surface area contributed by atoms with E-state index in [0.717, 1.165) is 16.8 Å².